The number of hydrogen-bond acceptors (Lipinski definition) is 2. The van der Waals surface area contributed by atoms with Crippen molar-refractivity contribution >= 4 is 11.6 Å². The highest BCUT2D eigenvalue weighted by molar-refractivity contribution is 5.76. The minimum Gasteiger partial charge on any atom is -0.384 e. The number of amides is 1. The number of carbonyl (C=O) groups is 1. The molecule has 0 unspecified atom stereocenters. The SMILES string of the molecule is Cc1ccccc1NCCC(=O)NCc1ccc(F)cc1. The van der Waals surface area contributed by atoms with Gasteiger partial charge in [-0.1, -0.05) is 30.3 Å². The molecule has 0 saturated heterocycles. The zero-order valence-corrected chi connectivity index (χ0v) is 12.0. The first-order valence-electron chi connectivity index (χ1n) is 6.96. The Morgan fingerprint density at radius 2 is 1.81 bits per heavy atom. The van der Waals surface area contributed by atoms with E-state index in [1.807, 2.05) is 31.2 Å². The van der Waals surface area contributed by atoms with Gasteiger partial charge >= 0.3 is 0 Å². The lowest BCUT2D eigenvalue weighted by atomic mass is 10.2. The standard InChI is InChI=1S/C17H19FN2O/c1-13-4-2-3-5-16(13)19-11-10-17(21)20-12-14-6-8-15(18)9-7-14/h2-9,19H,10-12H2,1H3,(H,20,21). The van der Waals surface area contributed by atoms with Gasteiger partial charge in [0.2, 0.25) is 5.91 Å². The molecule has 4 heteroatoms. The molecule has 0 saturated carbocycles. The predicted octanol–water partition coefficient (Wildman–Crippen LogP) is 3.25. The molecule has 0 aliphatic heterocycles. The first-order valence-corrected chi connectivity index (χ1v) is 6.96. The van der Waals surface area contributed by atoms with Gasteiger partial charge in [0.05, 0.1) is 0 Å². The highest BCUT2D eigenvalue weighted by Crippen LogP contribution is 2.12. The Morgan fingerprint density at radius 1 is 1.10 bits per heavy atom. The largest absolute Gasteiger partial charge is 0.384 e. The van der Waals surface area contributed by atoms with Crippen LogP contribution in [-0.4, -0.2) is 12.5 Å². The van der Waals surface area contributed by atoms with Crippen LogP contribution in [0.1, 0.15) is 17.5 Å². The third-order valence-electron chi connectivity index (χ3n) is 3.22. The molecule has 2 rings (SSSR count). The van der Waals surface area contributed by atoms with Crippen LogP contribution < -0.4 is 10.6 Å². The molecule has 0 bridgehead atoms. The van der Waals surface area contributed by atoms with Crippen LogP contribution >= 0.6 is 0 Å². The first kappa shape index (κ1) is 15.0. The molecule has 3 nitrogen and oxygen atoms in total. The normalized spacial score (nSPS) is 10.2. The van der Waals surface area contributed by atoms with E-state index in [2.05, 4.69) is 10.6 Å². The van der Waals surface area contributed by atoms with Crippen LogP contribution in [0.25, 0.3) is 0 Å². The van der Waals surface area contributed by atoms with E-state index >= 15 is 0 Å². The Hall–Kier alpha value is -2.36. The van der Waals surface area contributed by atoms with Crippen molar-refractivity contribution in [2.24, 2.45) is 0 Å². The predicted molar refractivity (Wildman–Crippen MR) is 82.5 cm³/mol. The average Bonchev–Trinajstić information content (AvgIpc) is 2.49. The van der Waals surface area contributed by atoms with Crippen molar-refractivity contribution in [3.63, 3.8) is 0 Å². The Labute approximate surface area is 124 Å². The van der Waals surface area contributed by atoms with E-state index in [4.69, 9.17) is 0 Å². The lowest BCUT2D eigenvalue weighted by molar-refractivity contribution is -0.121. The summed E-state index contributed by atoms with van der Waals surface area (Å²) in [5.74, 6) is -0.298. The molecule has 1 amide bonds. The highest BCUT2D eigenvalue weighted by atomic mass is 19.1. The van der Waals surface area contributed by atoms with E-state index in [0.717, 1.165) is 16.8 Å². The zero-order valence-electron chi connectivity index (χ0n) is 12.0. The maximum absolute atomic E-state index is 12.8. The van der Waals surface area contributed by atoms with Crippen LogP contribution in [0.5, 0.6) is 0 Å². The molecule has 110 valence electrons. The Kier molecular flexibility index (Phi) is 5.32. The highest BCUT2D eigenvalue weighted by Gasteiger charge is 2.02. The van der Waals surface area contributed by atoms with Crippen LogP contribution in [0.3, 0.4) is 0 Å². The van der Waals surface area contributed by atoms with Crippen molar-refractivity contribution in [1.82, 2.24) is 5.32 Å². The fraction of sp³-hybridized carbons (Fsp3) is 0.235. The van der Waals surface area contributed by atoms with E-state index in [1.165, 1.54) is 12.1 Å². The van der Waals surface area contributed by atoms with Gasteiger partial charge in [0, 0.05) is 25.2 Å². The van der Waals surface area contributed by atoms with E-state index in [-0.39, 0.29) is 11.7 Å². The summed E-state index contributed by atoms with van der Waals surface area (Å²) in [7, 11) is 0. The van der Waals surface area contributed by atoms with Gasteiger partial charge < -0.3 is 10.6 Å². The molecule has 0 aliphatic carbocycles. The lowest BCUT2D eigenvalue weighted by Crippen LogP contribution is -2.24. The molecule has 0 radical (unpaired) electrons. The third kappa shape index (κ3) is 4.91. The van der Waals surface area contributed by atoms with Crippen LogP contribution in [0.15, 0.2) is 48.5 Å². The number of hydrogen-bond donors (Lipinski definition) is 2. The average molecular weight is 286 g/mol. The monoisotopic (exact) mass is 286 g/mol. The smallest absolute Gasteiger partial charge is 0.222 e. The van der Waals surface area contributed by atoms with Crippen molar-refractivity contribution in [1.29, 1.82) is 0 Å². The number of nitrogens with one attached hydrogen (secondary N) is 2. The lowest BCUT2D eigenvalue weighted by Gasteiger charge is -2.09. The van der Waals surface area contributed by atoms with Gasteiger partial charge in [-0.3, -0.25) is 4.79 Å². The molecule has 2 aromatic carbocycles. The fourth-order valence-corrected chi connectivity index (χ4v) is 1.97. The summed E-state index contributed by atoms with van der Waals surface area (Å²) < 4.78 is 12.8. The topological polar surface area (TPSA) is 41.1 Å². The summed E-state index contributed by atoms with van der Waals surface area (Å²) >= 11 is 0. The van der Waals surface area contributed by atoms with Crippen molar-refractivity contribution in [3.05, 3.63) is 65.5 Å². The van der Waals surface area contributed by atoms with Gasteiger partial charge in [0.15, 0.2) is 0 Å². The summed E-state index contributed by atoms with van der Waals surface area (Å²) in [4.78, 5) is 11.7. The second kappa shape index (κ2) is 7.43. The van der Waals surface area contributed by atoms with Gasteiger partial charge in [-0.05, 0) is 36.2 Å². The van der Waals surface area contributed by atoms with Crippen LogP contribution in [0.2, 0.25) is 0 Å². The quantitative estimate of drug-likeness (QED) is 0.856. The third-order valence-corrected chi connectivity index (χ3v) is 3.22. The van der Waals surface area contributed by atoms with E-state index in [9.17, 15) is 9.18 Å². The molecule has 0 heterocycles. The van der Waals surface area contributed by atoms with Crippen molar-refractivity contribution in [3.8, 4) is 0 Å². The van der Waals surface area contributed by atoms with Crippen molar-refractivity contribution in [2.45, 2.75) is 19.9 Å². The Bertz CT molecular complexity index is 596. The molecule has 0 aliphatic rings. The molecular formula is C17H19FN2O. The van der Waals surface area contributed by atoms with Crippen molar-refractivity contribution in [2.75, 3.05) is 11.9 Å². The van der Waals surface area contributed by atoms with E-state index in [0.29, 0.717) is 19.5 Å². The number of rotatable bonds is 6. The molecule has 0 atom stereocenters. The van der Waals surface area contributed by atoms with E-state index in [1.54, 1.807) is 12.1 Å². The maximum Gasteiger partial charge on any atom is 0.222 e. The maximum atomic E-state index is 12.8. The molecule has 21 heavy (non-hydrogen) atoms. The van der Waals surface area contributed by atoms with Crippen LogP contribution in [-0.2, 0) is 11.3 Å². The van der Waals surface area contributed by atoms with E-state index < -0.39 is 0 Å². The number of carbonyl (C=O) groups excluding carboxylic acids is 1. The summed E-state index contributed by atoms with van der Waals surface area (Å²) in [5, 5.41) is 6.06. The number of benzene rings is 2. The van der Waals surface area contributed by atoms with Gasteiger partial charge in [-0.15, -0.1) is 0 Å². The fourth-order valence-electron chi connectivity index (χ4n) is 1.97. The molecule has 2 N–H and O–H groups in total. The molecule has 0 spiro atoms. The van der Waals surface area contributed by atoms with Gasteiger partial charge in [-0.2, -0.15) is 0 Å². The molecular weight excluding hydrogens is 267 g/mol. The minimum atomic E-state index is -0.271. The second-order valence-electron chi connectivity index (χ2n) is 4.89. The Morgan fingerprint density at radius 3 is 2.52 bits per heavy atom. The zero-order chi connectivity index (χ0) is 15.1. The number of halogens is 1. The van der Waals surface area contributed by atoms with Gasteiger partial charge in [0.1, 0.15) is 5.82 Å². The van der Waals surface area contributed by atoms with Gasteiger partial charge in [-0.25, -0.2) is 4.39 Å². The van der Waals surface area contributed by atoms with Gasteiger partial charge in [0.25, 0.3) is 0 Å². The van der Waals surface area contributed by atoms with Crippen LogP contribution in [0.4, 0.5) is 10.1 Å². The molecule has 0 aromatic heterocycles. The van der Waals surface area contributed by atoms with Crippen LogP contribution in [0, 0.1) is 12.7 Å². The summed E-state index contributed by atoms with van der Waals surface area (Å²) in [5.41, 5.74) is 3.09. The number of anilines is 1. The first-order chi connectivity index (χ1) is 10.1. The Balaban J connectivity index is 1.70. The number of para-hydroxylation sites is 1. The summed E-state index contributed by atoms with van der Waals surface area (Å²) in [6.45, 7) is 3.03. The second-order valence-corrected chi connectivity index (χ2v) is 4.89. The summed E-state index contributed by atoms with van der Waals surface area (Å²) in [6.07, 6.45) is 0.398. The molecule has 2 aromatic rings. The number of aryl methyl sites for hydroxylation is 1. The summed E-state index contributed by atoms with van der Waals surface area (Å²) in [6, 6.07) is 14.1. The molecule has 0 fully saturated rings. The minimum absolute atomic E-state index is 0.0274. The van der Waals surface area contributed by atoms with Crippen molar-refractivity contribution < 1.29 is 9.18 Å².